The zero-order chi connectivity index (χ0) is 9.42. The summed E-state index contributed by atoms with van der Waals surface area (Å²) in [5, 5.41) is 0.757. The number of rotatable bonds is 1. The molecule has 2 N–H and O–H groups in total. The van der Waals surface area contributed by atoms with E-state index in [4.69, 9.17) is 10.2 Å². The minimum Gasteiger partial charge on any atom is -0.464 e. The van der Waals surface area contributed by atoms with Crippen molar-refractivity contribution in [1.82, 2.24) is 0 Å². The van der Waals surface area contributed by atoms with E-state index in [2.05, 4.69) is 0 Å². The predicted octanol–water partition coefficient (Wildman–Crippen LogP) is 2.59. The lowest BCUT2D eigenvalue weighted by molar-refractivity contribution is 0.596. The van der Waals surface area contributed by atoms with Gasteiger partial charge >= 0.3 is 0 Å². The smallest absolute Gasteiger partial charge is 0.138 e. The molecule has 68 valence electrons. The summed E-state index contributed by atoms with van der Waals surface area (Å²) in [6, 6.07) is 4.36. The number of hydrogen-bond acceptors (Lipinski definition) is 2. The first-order valence-electron chi connectivity index (χ1n) is 4.10. The average molecular weight is 179 g/mol. The SMILES string of the molecule is CC(N)c1cc(F)cc2ccoc12. The van der Waals surface area contributed by atoms with E-state index < -0.39 is 0 Å². The second-order valence-electron chi connectivity index (χ2n) is 3.12. The molecule has 0 aliphatic rings. The van der Waals surface area contributed by atoms with Gasteiger partial charge in [-0.3, -0.25) is 0 Å². The molecule has 0 saturated carbocycles. The highest BCUT2D eigenvalue weighted by molar-refractivity contribution is 5.80. The van der Waals surface area contributed by atoms with Crippen molar-refractivity contribution in [2.24, 2.45) is 5.73 Å². The van der Waals surface area contributed by atoms with E-state index in [0.717, 1.165) is 5.39 Å². The number of furan rings is 1. The number of benzene rings is 1. The van der Waals surface area contributed by atoms with Gasteiger partial charge in [0.25, 0.3) is 0 Å². The Morgan fingerprint density at radius 1 is 1.46 bits per heavy atom. The molecule has 0 radical (unpaired) electrons. The van der Waals surface area contributed by atoms with Crippen LogP contribution in [-0.2, 0) is 0 Å². The molecule has 1 aromatic carbocycles. The monoisotopic (exact) mass is 179 g/mol. The molecule has 0 aliphatic carbocycles. The minimum absolute atomic E-state index is 0.218. The Balaban J connectivity index is 2.77. The highest BCUT2D eigenvalue weighted by atomic mass is 19.1. The van der Waals surface area contributed by atoms with Crippen LogP contribution in [-0.4, -0.2) is 0 Å². The highest BCUT2D eigenvalue weighted by Gasteiger charge is 2.10. The maximum atomic E-state index is 13.0. The molecule has 2 aromatic rings. The Morgan fingerprint density at radius 3 is 2.92 bits per heavy atom. The van der Waals surface area contributed by atoms with Gasteiger partial charge in [-0.25, -0.2) is 4.39 Å². The van der Waals surface area contributed by atoms with Crippen LogP contribution >= 0.6 is 0 Å². The van der Waals surface area contributed by atoms with E-state index in [0.29, 0.717) is 11.1 Å². The third kappa shape index (κ3) is 1.31. The van der Waals surface area contributed by atoms with Crippen molar-refractivity contribution in [1.29, 1.82) is 0 Å². The summed E-state index contributed by atoms with van der Waals surface area (Å²) >= 11 is 0. The number of fused-ring (bicyclic) bond motifs is 1. The zero-order valence-electron chi connectivity index (χ0n) is 7.25. The molecule has 1 heterocycles. The predicted molar refractivity (Wildman–Crippen MR) is 48.8 cm³/mol. The molecule has 2 rings (SSSR count). The summed E-state index contributed by atoms with van der Waals surface area (Å²) in [4.78, 5) is 0. The summed E-state index contributed by atoms with van der Waals surface area (Å²) in [7, 11) is 0. The Kier molecular flexibility index (Phi) is 1.81. The highest BCUT2D eigenvalue weighted by Crippen LogP contribution is 2.25. The van der Waals surface area contributed by atoms with Crippen molar-refractivity contribution in [3.8, 4) is 0 Å². The number of nitrogens with two attached hydrogens (primary N) is 1. The van der Waals surface area contributed by atoms with Crippen LogP contribution in [0.3, 0.4) is 0 Å². The minimum atomic E-state index is -0.277. The first-order valence-corrected chi connectivity index (χ1v) is 4.10. The van der Waals surface area contributed by atoms with Gasteiger partial charge in [-0.15, -0.1) is 0 Å². The first kappa shape index (κ1) is 8.26. The van der Waals surface area contributed by atoms with E-state index in [9.17, 15) is 4.39 Å². The number of halogens is 1. The van der Waals surface area contributed by atoms with Crippen LogP contribution in [0.5, 0.6) is 0 Å². The summed E-state index contributed by atoms with van der Waals surface area (Å²) in [5.74, 6) is -0.277. The Morgan fingerprint density at radius 2 is 2.23 bits per heavy atom. The molecular formula is C10H10FNO. The van der Waals surface area contributed by atoms with Gasteiger partial charge in [0, 0.05) is 17.0 Å². The van der Waals surface area contributed by atoms with Crippen LogP contribution in [0.1, 0.15) is 18.5 Å². The number of hydrogen-bond donors (Lipinski definition) is 1. The first-order chi connectivity index (χ1) is 6.18. The molecular weight excluding hydrogens is 169 g/mol. The molecule has 1 unspecified atom stereocenters. The molecule has 2 nitrogen and oxygen atoms in total. The Labute approximate surface area is 75.1 Å². The van der Waals surface area contributed by atoms with Crippen LogP contribution in [0.15, 0.2) is 28.9 Å². The van der Waals surface area contributed by atoms with E-state index >= 15 is 0 Å². The van der Waals surface area contributed by atoms with E-state index in [1.807, 2.05) is 0 Å². The van der Waals surface area contributed by atoms with E-state index in [1.54, 1.807) is 13.0 Å². The summed E-state index contributed by atoms with van der Waals surface area (Å²) in [6.07, 6.45) is 1.54. The second kappa shape index (κ2) is 2.85. The fourth-order valence-electron chi connectivity index (χ4n) is 1.41. The third-order valence-electron chi connectivity index (χ3n) is 2.04. The molecule has 0 saturated heterocycles. The van der Waals surface area contributed by atoms with Gasteiger partial charge in [-0.2, -0.15) is 0 Å². The molecule has 0 spiro atoms. The van der Waals surface area contributed by atoms with Gasteiger partial charge in [0.05, 0.1) is 6.26 Å². The van der Waals surface area contributed by atoms with Gasteiger partial charge in [-0.1, -0.05) is 0 Å². The molecule has 0 aliphatic heterocycles. The molecule has 1 atom stereocenters. The van der Waals surface area contributed by atoms with Gasteiger partial charge in [0.2, 0.25) is 0 Å². The lowest BCUT2D eigenvalue weighted by atomic mass is 10.1. The maximum Gasteiger partial charge on any atom is 0.138 e. The molecule has 0 bridgehead atoms. The molecule has 13 heavy (non-hydrogen) atoms. The van der Waals surface area contributed by atoms with Crippen molar-refractivity contribution in [2.75, 3.05) is 0 Å². The van der Waals surface area contributed by atoms with Crippen molar-refractivity contribution >= 4 is 11.0 Å². The molecule has 1 aromatic heterocycles. The second-order valence-corrected chi connectivity index (χ2v) is 3.12. The van der Waals surface area contributed by atoms with Crippen LogP contribution < -0.4 is 5.73 Å². The molecule has 0 fully saturated rings. The van der Waals surface area contributed by atoms with E-state index in [-0.39, 0.29) is 11.9 Å². The van der Waals surface area contributed by atoms with Crippen molar-refractivity contribution in [3.05, 3.63) is 35.8 Å². The average Bonchev–Trinajstić information content (AvgIpc) is 2.49. The normalized spacial score (nSPS) is 13.5. The molecule has 3 heteroatoms. The summed E-state index contributed by atoms with van der Waals surface area (Å²) in [6.45, 7) is 1.80. The van der Waals surface area contributed by atoms with Crippen LogP contribution in [0, 0.1) is 5.82 Å². The van der Waals surface area contributed by atoms with Crippen molar-refractivity contribution in [3.63, 3.8) is 0 Å². The zero-order valence-corrected chi connectivity index (χ0v) is 7.25. The fraction of sp³-hybridized carbons (Fsp3) is 0.200. The maximum absolute atomic E-state index is 13.0. The summed E-state index contributed by atoms with van der Waals surface area (Å²) < 4.78 is 18.3. The lowest BCUT2D eigenvalue weighted by Crippen LogP contribution is -2.05. The van der Waals surface area contributed by atoms with Gasteiger partial charge < -0.3 is 10.2 Å². The Bertz CT molecular complexity index is 433. The Hall–Kier alpha value is -1.35. The topological polar surface area (TPSA) is 39.2 Å². The van der Waals surface area contributed by atoms with E-state index in [1.165, 1.54) is 18.4 Å². The summed E-state index contributed by atoms with van der Waals surface area (Å²) in [5.41, 5.74) is 7.07. The molecule has 0 amide bonds. The van der Waals surface area contributed by atoms with Crippen LogP contribution in [0.25, 0.3) is 11.0 Å². The van der Waals surface area contributed by atoms with Gasteiger partial charge in [0.1, 0.15) is 11.4 Å². The van der Waals surface area contributed by atoms with Gasteiger partial charge in [-0.05, 0) is 25.1 Å². The van der Waals surface area contributed by atoms with Crippen LogP contribution in [0.4, 0.5) is 4.39 Å². The largest absolute Gasteiger partial charge is 0.464 e. The third-order valence-corrected chi connectivity index (χ3v) is 2.04. The lowest BCUT2D eigenvalue weighted by Gasteiger charge is -2.05. The fourth-order valence-corrected chi connectivity index (χ4v) is 1.41. The van der Waals surface area contributed by atoms with Crippen molar-refractivity contribution < 1.29 is 8.81 Å². The standard InChI is InChI=1S/C10H10FNO/c1-6(12)9-5-8(11)4-7-2-3-13-10(7)9/h2-6H,12H2,1H3. The van der Waals surface area contributed by atoms with Crippen LogP contribution in [0.2, 0.25) is 0 Å². The van der Waals surface area contributed by atoms with Gasteiger partial charge in [0.15, 0.2) is 0 Å². The van der Waals surface area contributed by atoms with Crippen molar-refractivity contribution in [2.45, 2.75) is 13.0 Å². The quantitative estimate of drug-likeness (QED) is 0.730.